The fourth-order valence-corrected chi connectivity index (χ4v) is 2.32. The van der Waals surface area contributed by atoms with Crippen molar-refractivity contribution in [3.8, 4) is 5.88 Å². The van der Waals surface area contributed by atoms with Gasteiger partial charge in [0.25, 0.3) is 0 Å². The molecule has 0 fully saturated rings. The Labute approximate surface area is 134 Å². The summed E-state index contributed by atoms with van der Waals surface area (Å²) in [6.45, 7) is 1.07. The Hall–Kier alpha value is -2.44. The monoisotopic (exact) mass is 323 g/mol. The van der Waals surface area contributed by atoms with E-state index in [0.717, 1.165) is 10.6 Å². The Kier molecular flexibility index (Phi) is 3.02. The number of nitrogens with zero attached hydrogens (tertiary/aromatic N) is 3. The standard InChI is InChI=1S/C16H17F2N3O2/c1-16(2)9-21-13(20(16)3)7-12(19-15(21)22)23-8-10-5-4-6-11(17)14(10)18/h4-7H,8-9H2,1-3H3/i9D2. The van der Waals surface area contributed by atoms with E-state index < -0.39 is 29.4 Å². The summed E-state index contributed by atoms with van der Waals surface area (Å²) < 4.78 is 49.6. The van der Waals surface area contributed by atoms with Gasteiger partial charge in [0, 0.05) is 18.7 Å². The maximum atomic E-state index is 13.7. The van der Waals surface area contributed by atoms with Crippen LogP contribution in [0.5, 0.6) is 5.88 Å². The summed E-state index contributed by atoms with van der Waals surface area (Å²) in [5.74, 6) is -1.79. The third-order valence-corrected chi connectivity index (χ3v) is 3.85. The molecule has 5 nitrogen and oxygen atoms in total. The molecule has 1 aliphatic rings. The van der Waals surface area contributed by atoms with Crippen molar-refractivity contribution >= 4 is 5.82 Å². The van der Waals surface area contributed by atoms with E-state index in [2.05, 4.69) is 4.98 Å². The summed E-state index contributed by atoms with van der Waals surface area (Å²) >= 11 is 0. The first-order valence-electron chi connectivity index (χ1n) is 8.01. The number of halogens is 2. The molecule has 122 valence electrons. The molecule has 0 saturated heterocycles. The van der Waals surface area contributed by atoms with Crippen LogP contribution in [0.15, 0.2) is 29.1 Å². The van der Waals surface area contributed by atoms with Crippen molar-refractivity contribution in [1.29, 1.82) is 0 Å². The Morgan fingerprint density at radius 1 is 1.43 bits per heavy atom. The quantitative estimate of drug-likeness (QED) is 0.870. The van der Waals surface area contributed by atoms with E-state index in [4.69, 9.17) is 7.48 Å². The lowest BCUT2D eigenvalue weighted by Gasteiger charge is -2.28. The van der Waals surface area contributed by atoms with Gasteiger partial charge in [-0.2, -0.15) is 4.98 Å². The first-order chi connectivity index (χ1) is 11.6. The Bertz CT molecular complexity index is 899. The van der Waals surface area contributed by atoms with Gasteiger partial charge in [-0.25, -0.2) is 13.6 Å². The number of aromatic nitrogens is 2. The molecule has 0 spiro atoms. The molecule has 2 aromatic rings. The molecule has 0 unspecified atom stereocenters. The molecule has 0 bridgehead atoms. The highest BCUT2D eigenvalue weighted by Crippen LogP contribution is 2.31. The molecule has 1 aromatic carbocycles. The van der Waals surface area contributed by atoms with Gasteiger partial charge in [0.2, 0.25) is 5.88 Å². The topological polar surface area (TPSA) is 47.4 Å². The van der Waals surface area contributed by atoms with Gasteiger partial charge in [-0.3, -0.25) is 4.57 Å². The summed E-state index contributed by atoms with van der Waals surface area (Å²) in [5, 5.41) is 0. The predicted octanol–water partition coefficient (Wildman–Crippen LogP) is 2.33. The Morgan fingerprint density at radius 3 is 2.91 bits per heavy atom. The summed E-state index contributed by atoms with van der Waals surface area (Å²) in [5.41, 5.74) is -1.80. The number of rotatable bonds is 3. The average Bonchev–Trinajstić information content (AvgIpc) is 2.67. The molecule has 3 rings (SSSR count). The fourth-order valence-electron chi connectivity index (χ4n) is 2.32. The highest BCUT2D eigenvalue weighted by Gasteiger charge is 2.34. The summed E-state index contributed by atoms with van der Waals surface area (Å²) in [6, 6.07) is 5.13. The van der Waals surface area contributed by atoms with Crippen molar-refractivity contribution in [2.45, 2.75) is 32.5 Å². The summed E-state index contributed by atoms with van der Waals surface area (Å²) in [6.07, 6.45) is 0. The van der Waals surface area contributed by atoms with E-state index in [9.17, 15) is 13.6 Å². The first-order valence-corrected chi connectivity index (χ1v) is 7.01. The van der Waals surface area contributed by atoms with Gasteiger partial charge in [-0.05, 0) is 19.9 Å². The Morgan fingerprint density at radius 2 is 2.17 bits per heavy atom. The van der Waals surface area contributed by atoms with Crippen LogP contribution in [0, 0.1) is 11.6 Å². The number of hydrogen-bond donors (Lipinski definition) is 0. The number of anilines is 1. The molecule has 0 saturated carbocycles. The minimum Gasteiger partial charge on any atom is -0.472 e. The van der Waals surface area contributed by atoms with Gasteiger partial charge >= 0.3 is 5.69 Å². The van der Waals surface area contributed by atoms with Gasteiger partial charge in [-0.1, -0.05) is 12.1 Å². The molecule has 0 N–H and O–H groups in total. The van der Waals surface area contributed by atoms with Crippen LogP contribution in [0.25, 0.3) is 0 Å². The lowest BCUT2D eigenvalue weighted by atomic mass is 10.1. The first kappa shape index (κ1) is 13.0. The van der Waals surface area contributed by atoms with Gasteiger partial charge in [0.15, 0.2) is 11.6 Å². The van der Waals surface area contributed by atoms with Gasteiger partial charge in [0.1, 0.15) is 12.4 Å². The molecule has 0 radical (unpaired) electrons. The van der Waals surface area contributed by atoms with E-state index in [1.807, 2.05) is 0 Å². The highest BCUT2D eigenvalue weighted by molar-refractivity contribution is 5.47. The van der Waals surface area contributed by atoms with Crippen molar-refractivity contribution in [3.05, 3.63) is 51.9 Å². The van der Waals surface area contributed by atoms with Gasteiger partial charge in [0.05, 0.1) is 14.8 Å². The second-order valence-electron chi connectivity index (χ2n) is 5.80. The second kappa shape index (κ2) is 5.33. The Balaban J connectivity index is 1.95. The smallest absolute Gasteiger partial charge is 0.352 e. The molecule has 23 heavy (non-hydrogen) atoms. The van der Waals surface area contributed by atoms with Crippen LogP contribution in [-0.2, 0) is 13.1 Å². The minimum atomic E-state index is -1.96. The van der Waals surface area contributed by atoms with Crippen molar-refractivity contribution in [1.82, 2.24) is 9.55 Å². The molecule has 2 heterocycles. The third-order valence-electron chi connectivity index (χ3n) is 3.85. The molecule has 1 aliphatic heterocycles. The van der Waals surface area contributed by atoms with Crippen molar-refractivity contribution in [2.75, 3.05) is 11.9 Å². The lowest BCUT2D eigenvalue weighted by Crippen LogP contribution is -2.38. The number of fused-ring (bicyclic) bond motifs is 1. The summed E-state index contributed by atoms with van der Waals surface area (Å²) in [4.78, 5) is 17.6. The zero-order chi connectivity index (χ0) is 18.6. The number of ether oxygens (including phenoxy) is 1. The van der Waals surface area contributed by atoms with Gasteiger partial charge in [-0.15, -0.1) is 0 Å². The van der Waals surface area contributed by atoms with Crippen molar-refractivity contribution in [3.63, 3.8) is 0 Å². The van der Waals surface area contributed by atoms with Crippen LogP contribution in [0.4, 0.5) is 14.6 Å². The molecule has 1 aromatic heterocycles. The molecule has 7 heteroatoms. The summed E-state index contributed by atoms with van der Waals surface area (Å²) in [7, 11) is 1.66. The largest absolute Gasteiger partial charge is 0.472 e. The van der Waals surface area contributed by atoms with Gasteiger partial charge < -0.3 is 9.64 Å². The van der Waals surface area contributed by atoms with E-state index in [1.54, 1.807) is 25.8 Å². The van der Waals surface area contributed by atoms with E-state index in [0.29, 0.717) is 5.82 Å². The van der Waals surface area contributed by atoms with Crippen LogP contribution in [0.1, 0.15) is 22.2 Å². The highest BCUT2D eigenvalue weighted by atomic mass is 19.2. The van der Waals surface area contributed by atoms with Crippen molar-refractivity contribution < 1.29 is 16.3 Å². The predicted molar refractivity (Wildman–Crippen MR) is 81.7 cm³/mol. The fraction of sp³-hybridized carbons (Fsp3) is 0.375. The van der Waals surface area contributed by atoms with Crippen LogP contribution in [-0.4, -0.2) is 22.1 Å². The van der Waals surface area contributed by atoms with Crippen LogP contribution in [0.2, 0.25) is 0 Å². The molecular formula is C16H17F2N3O2. The van der Waals surface area contributed by atoms with E-state index in [-0.39, 0.29) is 18.1 Å². The van der Waals surface area contributed by atoms with Crippen LogP contribution in [0.3, 0.4) is 0 Å². The maximum Gasteiger partial charge on any atom is 0.352 e. The number of likely N-dealkylation sites (N-methyl/N-ethyl adjacent to an activating group) is 1. The normalized spacial score (nSPS) is 19.1. The lowest BCUT2D eigenvalue weighted by molar-refractivity contribution is 0.283. The van der Waals surface area contributed by atoms with Crippen LogP contribution >= 0.6 is 0 Å². The number of hydrogen-bond acceptors (Lipinski definition) is 4. The zero-order valence-electron chi connectivity index (χ0n) is 14.9. The van der Waals surface area contributed by atoms with Crippen molar-refractivity contribution in [2.24, 2.45) is 0 Å². The molecule has 0 amide bonds. The van der Waals surface area contributed by atoms with Crippen LogP contribution < -0.4 is 15.3 Å². The molecule has 0 aliphatic carbocycles. The third kappa shape index (κ3) is 2.67. The SMILES string of the molecule is [2H]C1([2H])n2c(cc(OCc3cccc(F)c3F)nc2=O)N(C)C1(C)C. The second-order valence-corrected chi connectivity index (χ2v) is 5.80. The van der Waals surface area contributed by atoms with E-state index >= 15 is 0 Å². The van der Waals surface area contributed by atoms with E-state index in [1.165, 1.54) is 18.2 Å². The molecular weight excluding hydrogens is 304 g/mol. The average molecular weight is 323 g/mol. The maximum absolute atomic E-state index is 13.7. The zero-order valence-corrected chi connectivity index (χ0v) is 12.9. The molecule has 0 atom stereocenters. The number of benzene rings is 1. The minimum absolute atomic E-state index is 0.00795.